The summed E-state index contributed by atoms with van der Waals surface area (Å²) in [5.41, 5.74) is 6.15. The third kappa shape index (κ3) is 2.42. The maximum Gasteiger partial charge on any atom is 0.118 e. The van der Waals surface area contributed by atoms with Gasteiger partial charge in [0.1, 0.15) is 5.75 Å². The quantitative estimate of drug-likeness (QED) is 0.741. The van der Waals surface area contributed by atoms with E-state index in [1.54, 1.807) is 18.3 Å². The molecule has 1 heteroatoms. The highest BCUT2D eigenvalue weighted by molar-refractivity contribution is 5.47. The van der Waals surface area contributed by atoms with Gasteiger partial charge in [-0.15, -0.1) is 0 Å². The number of methoxy groups -OCH3 is 1. The number of hydrogen-bond donors (Lipinski definition) is 0. The standard InChI is InChI=1S/C19H23O/c1-4-16-13(2)6-5-7-17(16)19-12-18(19)14-8-10-15(20-3)11-9-14/h6-11,18-19H,4-5,12H2,1-3H3. The Hall–Kier alpha value is -1.50. The van der Waals surface area contributed by atoms with Crippen molar-refractivity contribution in [2.75, 3.05) is 7.11 Å². The van der Waals surface area contributed by atoms with Gasteiger partial charge >= 0.3 is 0 Å². The maximum atomic E-state index is 5.24. The van der Waals surface area contributed by atoms with Crippen LogP contribution in [-0.2, 0) is 0 Å². The van der Waals surface area contributed by atoms with Gasteiger partial charge in [-0.1, -0.05) is 36.3 Å². The minimum atomic E-state index is 0.708. The highest BCUT2D eigenvalue weighted by Crippen LogP contribution is 2.55. The average molecular weight is 267 g/mol. The van der Waals surface area contributed by atoms with E-state index in [1.165, 1.54) is 17.6 Å². The second kappa shape index (κ2) is 5.47. The lowest BCUT2D eigenvalue weighted by molar-refractivity contribution is 0.414. The first-order valence-electron chi connectivity index (χ1n) is 7.62. The molecule has 0 amide bonds. The Morgan fingerprint density at radius 3 is 2.55 bits per heavy atom. The van der Waals surface area contributed by atoms with E-state index in [4.69, 9.17) is 4.74 Å². The molecule has 0 aliphatic heterocycles. The fourth-order valence-electron chi connectivity index (χ4n) is 3.45. The van der Waals surface area contributed by atoms with Crippen molar-refractivity contribution in [1.82, 2.24) is 0 Å². The van der Waals surface area contributed by atoms with Gasteiger partial charge in [0.15, 0.2) is 0 Å². The van der Waals surface area contributed by atoms with Crippen molar-refractivity contribution in [3.63, 3.8) is 0 Å². The van der Waals surface area contributed by atoms with E-state index in [0.29, 0.717) is 5.92 Å². The molecular weight excluding hydrogens is 244 g/mol. The summed E-state index contributed by atoms with van der Waals surface area (Å²) in [5, 5.41) is 0. The third-order valence-corrected chi connectivity index (χ3v) is 4.67. The topological polar surface area (TPSA) is 9.23 Å². The zero-order valence-electron chi connectivity index (χ0n) is 12.6. The molecule has 20 heavy (non-hydrogen) atoms. The van der Waals surface area contributed by atoms with Crippen LogP contribution in [0.15, 0.2) is 47.1 Å². The zero-order chi connectivity index (χ0) is 14.1. The molecule has 0 saturated heterocycles. The Labute approximate surface area is 122 Å². The van der Waals surface area contributed by atoms with Crippen molar-refractivity contribution in [3.8, 4) is 5.75 Å². The van der Waals surface area contributed by atoms with E-state index in [-0.39, 0.29) is 0 Å². The normalized spacial score (nSPS) is 25.4. The van der Waals surface area contributed by atoms with Gasteiger partial charge in [0, 0.05) is 0 Å². The lowest BCUT2D eigenvalue weighted by Gasteiger charge is -2.19. The van der Waals surface area contributed by atoms with Crippen LogP contribution in [0.3, 0.4) is 0 Å². The van der Waals surface area contributed by atoms with Crippen molar-refractivity contribution in [1.29, 1.82) is 0 Å². The summed E-state index contributed by atoms with van der Waals surface area (Å²) < 4.78 is 5.24. The summed E-state index contributed by atoms with van der Waals surface area (Å²) in [4.78, 5) is 0. The highest BCUT2D eigenvalue weighted by atomic mass is 16.5. The van der Waals surface area contributed by atoms with Gasteiger partial charge in [-0.3, -0.25) is 0 Å². The molecule has 2 aliphatic carbocycles. The molecule has 1 radical (unpaired) electrons. The van der Waals surface area contributed by atoms with E-state index in [2.05, 4.69) is 50.6 Å². The van der Waals surface area contributed by atoms with Crippen LogP contribution in [-0.4, -0.2) is 7.11 Å². The van der Waals surface area contributed by atoms with Gasteiger partial charge in [0.2, 0.25) is 0 Å². The summed E-state index contributed by atoms with van der Waals surface area (Å²) in [5.74, 6) is 2.39. The summed E-state index contributed by atoms with van der Waals surface area (Å²) in [6, 6.07) is 8.60. The van der Waals surface area contributed by atoms with E-state index in [0.717, 1.165) is 24.5 Å². The van der Waals surface area contributed by atoms with Crippen LogP contribution < -0.4 is 4.74 Å². The average Bonchev–Trinajstić information content (AvgIpc) is 3.27. The first-order valence-corrected chi connectivity index (χ1v) is 7.62. The molecule has 0 bridgehead atoms. The molecule has 2 unspecified atom stereocenters. The lowest BCUT2D eigenvalue weighted by Crippen LogP contribution is -2.02. The number of ether oxygens (including phenoxy) is 1. The SMILES string of the molecule is CCC1=C(C2CC2c2ccc(OC)cc2)[CH]CC=C1C. The minimum absolute atomic E-state index is 0.708. The molecule has 2 aliphatic rings. The van der Waals surface area contributed by atoms with Crippen LogP contribution in [0.25, 0.3) is 0 Å². The van der Waals surface area contributed by atoms with E-state index in [9.17, 15) is 0 Å². The van der Waals surface area contributed by atoms with Crippen LogP contribution in [0.2, 0.25) is 0 Å². The van der Waals surface area contributed by atoms with Gasteiger partial charge in [-0.2, -0.15) is 0 Å². The highest BCUT2D eigenvalue weighted by Gasteiger charge is 2.41. The first-order chi connectivity index (χ1) is 9.74. The Bertz CT molecular complexity index is 548. The predicted octanol–water partition coefficient (Wildman–Crippen LogP) is 5.06. The second-order valence-electron chi connectivity index (χ2n) is 5.84. The Morgan fingerprint density at radius 1 is 1.15 bits per heavy atom. The summed E-state index contributed by atoms with van der Waals surface area (Å²) in [7, 11) is 1.72. The molecule has 0 aromatic heterocycles. The van der Waals surface area contributed by atoms with Gasteiger partial charge < -0.3 is 4.74 Å². The molecule has 1 nitrogen and oxygen atoms in total. The molecule has 3 rings (SSSR count). The Morgan fingerprint density at radius 2 is 1.90 bits per heavy atom. The second-order valence-corrected chi connectivity index (χ2v) is 5.84. The fraction of sp³-hybridized carbons (Fsp3) is 0.421. The largest absolute Gasteiger partial charge is 0.497 e. The maximum absolute atomic E-state index is 5.24. The molecule has 1 fully saturated rings. The molecule has 1 aromatic carbocycles. The number of allylic oxidation sites excluding steroid dienone is 4. The lowest BCUT2D eigenvalue weighted by atomic mass is 9.86. The fourth-order valence-corrected chi connectivity index (χ4v) is 3.45. The molecule has 0 spiro atoms. The summed E-state index contributed by atoms with van der Waals surface area (Å²) in [6.07, 6.45) is 8.36. The molecule has 1 saturated carbocycles. The van der Waals surface area contributed by atoms with Crippen LogP contribution in [0.1, 0.15) is 44.6 Å². The van der Waals surface area contributed by atoms with Gasteiger partial charge in [0.25, 0.3) is 0 Å². The van der Waals surface area contributed by atoms with Crippen molar-refractivity contribution < 1.29 is 4.74 Å². The molecule has 0 heterocycles. The summed E-state index contributed by atoms with van der Waals surface area (Å²) in [6.45, 7) is 4.53. The van der Waals surface area contributed by atoms with Crippen molar-refractivity contribution in [2.24, 2.45) is 5.92 Å². The summed E-state index contributed by atoms with van der Waals surface area (Å²) >= 11 is 0. The van der Waals surface area contributed by atoms with Crippen LogP contribution in [0.4, 0.5) is 0 Å². The van der Waals surface area contributed by atoms with Gasteiger partial charge in [-0.05, 0) is 67.7 Å². The number of hydrogen-bond acceptors (Lipinski definition) is 1. The Balaban J connectivity index is 1.79. The zero-order valence-corrected chi connectivity index (χ0v) is 12.6. The van der Waals surface area contributed by atoms with Crippen LogP contribution in [0, 0.1) is 12.3 Å². The van der Waals surface area contributed by atoms with Gasteiger partial charge in [-0.25, -0.2) is 0 Å². The third-order valence-electron chi connectivity index (χ3n) is 4.67. The van der Waals surface area contributed by atoms with Crippen LogP contribution in [0.5, 0.6) is 5.75 Å². The number of rotatable bonds is 4. The molecule has 2 atom stereocenters. The molecule has 105 valence electrons. The first kappa shape index (κ1) is 13.5. The molecular formula is C19H23O. The monoisotopic (exact) mass is 267 g/mol. The van der Waals surface area contributed by atoms with Crippen LogP contribution >= 0.6 is 0 Å². The Kier molecular flexibility index (Phi) is 3.69. The molecule has 0 N–H and O–H groups in total. The van der Waals surface area contributed by atoms with E-state index in [1.807, 2.05) is 0 Å². The van der Waals surface area contributed by atoms with E-state index < -0.39 is 0 Å². The number of benzene rings is 1. The van der Waals surface area contributed by atoms with Crippen molar-refractivity contribution >= 4 is 0 Å². The predicted molar refractivity (Wildman–Crippen MR) is 83.8 cm³/mol. The van der Waals surface area contributed by atoms with Gasteiger partial charge in [0.05, 0.1) is 7.11 Å². The molecule has 1 aromatic rings. The smallest absolute Gasteiger partial charge is 0.118 e. The van der Waals surface area contributed by atoms with E-state index >= 15 is 0 Å². The van der Waals surface area contributed by atoms with Crippen molar-refractivity contribution in [3.05, 3.63) is 59.0 Å². The minimum Gasteiger partial charge on any atom is -0.497 e. The van der Waals surface area contributed by atoms with Crippen molar-refractivity contribution in [2.45, 2.75) is 39.0 Å².